The number of nitrogens with zero attached hydrogens (tertiary/aromatic N) is 3. The number of ether oxygens (including phenoxy) is 2. The zero-order valence-corrected chi connectivity index (χ0v) is 12.0. The highest BCUT2D eigenvalue weighted by Crippen LogP contribution is 2.26. The lowest BCUT2D eigenvalue weighted by molar-refractivity contribution is -0.0334. The van der Waals surface area contributed by atoms with Crippen molar-refractivity contribution in [3.63, 3.8) is 0 Å². The summed E-state index contributed by atoms with van der Waals surface area (Å²) in [7, 11) is 1.73. The van der Waals surface area contributed by atoms with Crippen molar-refractivity contribution in [3.8, 4) is 0 Å². The summed E-state index contributed by atoms with van der Waals surface area (Å²) in [6.07, 6.45) is 1.00. The lowest BCUT2D eigenvalue weighted by atomic mass is 10.2. The second-order valence-electron chi connectivity index (χ2n) is 5.30. The van der Waals surface area contributed by atoms with Gasteiger partial charge in [0, 0.05) is 26.7 Å². The second kappa shape index (κ2) is 6.17. The third-order valence-corrected chi connectivity index (χ3v) is 4.07. The van der Waals surface area contributed by atoms with Gasteiger partial charge >= 0.3 is 0 Å². The quantitative estimate of drug-likeness (QED) is 0.862. The molecule has 3 atom stereocenters. The molecule has 0 bridgehead atoms. The van der Waals surface area contributed by atoms with E-state index in [1.54, 1.807) is 7.11 Å². The van der Waals surface area contributed by atoms with Gasteiger partial charge in [0.05, 0.1) is 18.8 Å². The molecular weight excluding hydrogens is 260 g/mol. The standard InChI is InChI=1S/C13H22N4O3/c1-3-17-4-5-19-11(8-17)12-15-13(20-16-12)10-6-9(18-2)7-14-10/h9-11,14H,3-8H2,1-2H3. The number of aromatic nitrogens is 2. The monoisotopic (exact) mass is 282 g/mol. The summed E-state index contributed by atoms with van der Waals surface area (Å²) in [6, 6.07) is 0.0899. The van der Waals surface area contributed by atoms with Gasteiger partial charge in [0.25, 0.3) is 0 Å². The van der Waals surface area contributed by atoms with Gasteiger partial charge in [-0.3, -0.25) is 4.90 Å². The normalized spacial score (nSPS) is 31.8. The third-order valence-electron chi connectivity index (χ3n) is 4.07. The van der Waals surface area contributed by atoms with Crippen LogP contribution in [0.3, 0.4) is 0 Å². The highest BCUT2D eigenvalue weighted by Gasteiger charge is 2.31. The fraction of sp³-hybridized carbons (Fsp3) is 0.846. The first-order valence-electron chi connectivity index (χ1n) is 7.23. The molecule has 0 radical (unpaired) electrons. The molecule has 3 rings (SSSR count). The molecule has 0 saturated carbocycles. The maximum atomic E-state index is 5.74. The smallest absolute Gasteiger partial charge is 0.243 e. The number of likely N-dealkylation sites (N-methyl/N-ethyl adjacent to an activating group) is 1. The highest BCUT2D eigenvalue weighted by molar-refractivity contribution is 5.00. The van der Waals surface area contributed by atoms with Crippen molar-refractivity contribution in [2.24, 2.45) is 0 Å². The van der Waals surface area contributed by atoms with Crippen molar-refractivity contribution in [3.05, 3.63) is 11.7 Å². The van der Waals surface area contributed by atoms with Gasteiger partial charge in [0.15, 0.2) is 0 Å². The molecule has 1 aromatic rings. The summed E-state index contributed by atoms with van der Waals surface area (Å²) in [6.45, 7) is 6.51. The summed E-state index contributed by atoms with van der Waals surface area (Å²) in [5.74, 6) is 1.29. The van der Waals surface area contributed by atoms with E-state index < -0.39 is 0 Å². The van der Waals surface area contributed by atoms with Crippen LogP contribution in [0.2, 0.25) is 0 Å². The van der Waals surface area contributed by atoms with Crippen molar-refractivity contribution in [2.45, 2.75) is 31.6 Å². The van der Waals surface area contributed by atoms with Crippen LogP contribution in [-0.2, 0) is 9.47 Å². The zero-order chi connectivity index (χ0) is 13.9. The van der Waals surface area contributed by atoms with Crippen molar-refractivity contribution in [2.75, 3.05) is 39.9 Å². The van der Waals surface area contributed by atoms with Crippen LogP contribution in [0.4, 0.5) is 0 Å². The fourth-order valence-corrected chi connectivity index (χ4v) is 2.74. The van der Waals surface area contributed by atoms with Crippen molar-refractivity contribution in [1.82, 2.24) is 20.4 Å². The van der Waals surface area contributed by atoms with E-state index >= 15 is 0 Å². The molecule has 0 amide bonds. The fourth-order valence-electron chi connectivity index (χ4n) is 2.74. The number of morpholine rings is 1. The van der Waals surface area contributed by atoms with Crippen LogP contribution in [0.5, 0.6) is 0 Å². The van der Waals surface area contributed by atoms with Crippen LogP contribution < -0.4 is 5.32 Å². The first-order valence-corrected chi connectivity index (χ1v) is 7.23. The molecule has 0 aliphatic carbocycles. The first-order chi connectivity index (χ1) is 9.80. The predicted molar refractivity (Wildman–Crippen MR) is 71.3 cm³/mol. The molecule has 20 heavy (non-hydrogen) atoms. The van der Waals surface area contributed by atoms with Gasteiger partial charge in [-0.25, -0.2) is 0 Å². The van der Waals surface area contributed by atoms with Crippen LogP contribution in [0, 0.1) is 0 Å². The lowest BCUT2D eigenvalue weighted by Gasteiger charge is -2.30. The van der Waals surface area contributed by atoms with Gasteiger partial charge in [-0.15, -0.1) is 0 Å². The number of methoxy groups -OCH3 is 1. The molecule has 1 aromatic heterocycles. The van der Waals surface area contributed by atoms with Crippen molar-refractivity contribution >= 4 is 0 Å². The maximum absolute atomic E-state index is 5.74. The Morgan fingerprint density at radius 1 is 1.50 bits per heavy atom. The summed E-state index contributed by atoms with van der Waals surface area (Å²) >= 11 is 0. The Labute approximate surface area is 118 Å². The minimum absolute atomic E-state index is 0.0826. The Morgan fingerprint density at radius 2 is 2.40 bits per heavy atom. The molecule has 2 aliphatic heterocycles. The van der Waals surface area contributed by atoms with Crippen LogP contribution in [-0.4, -0.2) is 61.0 Å². The van der Waals surface area contributed by atoms with Gasteiger partial charge in [-0.1, -0.05) is 12.1 Å². The van der Waals surface area contributed by atoms with E-state index in [-0.39, 0.29) is 18.2 Å². The van der Waals surface area contributed by atoms with Crippen LogP contribution in [0.1, 0.15) is 37.2 Å². The number of hydrogen-bond donors (Lipinski definition) is 1. The Kier molecular flexibility index (Phi) is 4.30. The minimum atomic E-state index is -0.0826. The Hall–Kier alpha value is -1.02. The number of hydrogen-bond acceptors (Lipinski definition) is 7. The van der Waals surface area contributed by atoms with E-state index in [9.17, 15) is 0 Å². The molecule has 2 fully saturated rings. The molecule has 2 saturated heterocycles. The summed E-state index contributed by atoms with van der Waals surface area (Å²) in [5, 5.41) is 7.42. The molecular formula is C13H22N4O3. The van der Waals surface area contributed by atoms with E-state index in [0.717, 1.165) is 39.2 Å². The topological polar surface area (TPSA) is 72.7 Å². The molecule has 0 aromatic carbocycles. The average Bonchev–Trinajstić information content (AvgIpc) is 3.15. The predicted octanol–water partition coefficient (Wildman–Crippen LogP) is 0.512. The van der Waals surface area contributed by atoms with Gasteiger partial charge < -0.3 is 19.3 Å². The largest absolute Gasteiger partial charge is 0.380 e. The SMILES string of the molecule is CCN1CCOC(c2noc(C3CC(OC)CN3)n2)C1. The minimum Gasteiger partial charge on any atom is -0.380 e. The molecule has 1 N–H and O–H groups in total. The molecule has 7 nitrogen and oxygen atoms in total. The van der Waals surface area contributed by atoms with E-state index in [1.165, 1.54) is 0 Å². The van der Waals surface area contributed by atoms with Crippen LogP contribution in [0.15, 0.2) is 4.52 Å². The van der Waals surface area contributed by atoms with Crippen LogP contribution >= 0.6 is 0 Å². The lowest BCUT2D eigenvalue weighted by Crippen LogP contribution is -2.38. The Morgan fingerprint density at radius 3 is 3.15 bits per heavy atom. The summed E-state index contributed by atoms with van der Waals surface area (Å²) < 4.78 is 16.5. The first kappa shape index (κ1) is 13.9. The van der Waals surface area contributed by atoms with Gasteiger partial charge in [0.2, 0.25) is 11.7 Å². The van der Waals surface area contributed by atoms with E-state index in [4.69, 9.17) is 14.0 Å². The van der Waals surface area contributed by atoms with E-state index in [0.29, 0.717) is 11.7 Å². The summed E-state index contributed by atoms with van der Waals surface area (Å²) in [5.41, 5.74) is 0. The maximum Gasteiger partial charge on any atom is 0.243 e. The third kappa shape index (κ3) is 2.85. The highest BCUT2D eigenvalue weighted by atomic mass is 16.5. The molecule has 3 heterocycles. The average molecular weight is 282 g/mol. The Balaban J connectivity index is 1.64. The second-order valence-corrected chi connectivity index (χ2v) is 5.30. The van der Waals surface area contributed by atoms with Gasteiger partial charge in [0.1, 0.15) is 6.10 Å². The van der Waals surface area contributed by atoms with E-state index in [2.05, 4.69) is 27.3 Å². The zero-order valence-electron chi connectivity index (χ0n) is 12.0. The Bertz CT molecular complexity index is 439. The van der Waals surface area contributed by atoms with Gasteiger partial charge in [-0.2, -0.15) is 4.98 Å². The molecule has 0 spiro atoms. The number of nitrogens with one attached hydrogen (secondary N) is 1. The van der Waals surface area contributed by atoms with E-state index in [1.807, 2.05) is 0 Å². The van der Waals surface area contributed by atoms with Crippen molar-refractivity contribution in [1.29, 1.82) is 0 Å². The van der Waals surface area contributed by atoms with Crippen molar-refractivity contribution < 1.29 is 14.0 Å². The number of rotatable bonds is 4. The van der Waals surface area contributed by atoms with Gasteiger partial charge in [-0.05, 0) is 13.0 Å². The molecule has 112 valence electrons. The van der Waals surface area contributed by atoms with Crippen LogP contribution in [0.25, 0.3) is 0 Å². The molecule has 2 aliphatic rings. The summed E-state index contributed by atoms with van der Waals surface area (Å²) in [4.78, 5) is 6.84. The molecule has 7 heteroatoms. The molecule has 3 unspecified atom stereocenters.